The maximum Gasteiger partial charge on any atom is 0.184 e. The Morgan fingerprint density at radius 2 is 1.93 bits per heavy atom. The van der Waals surface area contributed by atoms with E-state index in [1.807, 2.05) is 36.6 Å². The first kappa shape index (κ1) is 19.1. The summed E-state index contributed by atoms with van der Waals surface area (Å²) in [6, 6.07) is 6.16. The average Bonchev–Trinajstić information content (AvgIpc) is 2.72. The van der Waals surface area contributed by atoms with Gasteiger partial charge in [-0.2, -0.15) is 0 Å². The van der Waals surface area contributed by atoms with Crippen LogP contribution in [0.2, 0.25) is 0 Å². The van der Waals surface area contributed by atoms with Crippen LogP contribution < -0.4 is 19.8 Å². The molecule has 28 heavy (non-hydrogen) atoms. The number of benzene rings is 1. The van der Waals surface area contributed by atoms with Crippen LogP contribution in [0.4, 0.5) is 5.69 Å². The number of rotatable bonds is 5. The van der Waals surface area contributed by atoms with Crippen LogP contribution in [-0.2, 0) is 0 Å². The van der Waals surface area contributed by atoms with Crippen molar-refractivity contribution >= 4 is 17.3 Å². The molecule has 0 amide bonds. The molecule has 1 aromatic rings. The SMILES string of the molecule is CN1C=C(Cl)C(N(C)CCN2CCN(c3cccc4c3OCCO4)CC2)=CN1. The van der Waals surface area contributed by atoms with Crippen LogP contribution in [0.1, 0.15) is 0 Å². The second kappa shape index (κ2) is 8.41. The van der Waals surface area contributed by atoms with Crippen molar-refractivity contribution in [2.24, 2.45) is 0 Å². The standard InChI is InChI=1S/C20H28ClN5O2/c1-23(18-14-22-24(2)15-16(18)21)6-7-25-8-10-26(11-9-25)17-4-3-5-19-20(17)28-13-12-27-19/h3-5,14-15,22H,6-13H2,1-2H3. The molecule has 4 rings (SSSR count). The molecule has 1 saturated heterocycles. The number of anilines is 1. The number of hydrogen-bond donors (Lipinski definition) is 1. The Labute approximate surface area is 171 Å². The molecule has 0 bridgehead atoms. The van der Waals surface area contributed by atoms with Gasteiger partial charge in [0.15, 0.2) is 11.5 Å². The third-order valence-electron chi connectivity index (χ3n) is 5.38. The van der Waals surface area contributed by atoms with E-state index < -0.39 is 0 Å². The Morgan fingerprint density at radius 3 is 2.71 bits per heavy atom. The predicted octanol–water partition coefficient (Wildman–Crippen LogP) is 1.88. The number of hydrazine groups is 1. The molecule has 0 saturated carbocycles. The fourth-order valence-electron chi connectivity index (χ4n) is 3.73. The lowest BCUT2D eigenvalue weighted by atomic mass is 10.2. The summed E-state index contributed by atoms with van der Waals surface area (Å²) < 4.78 is 11.6. The van der Waals surface area contributed by atoms with Crippen molar-refractivity contribution in [1.29, 1.82) is 0 Å². The first-order chi connectivity index (χ1) is 13.6. The number of ether oxygens (including phenoxy) is 2. The minimum Gasteiger partial charge on any atom is -0.486 e. The van der Waals surface area contributed by atoms with Crippen molar-refractivity contribution < 1.29 is 9.47 Å². The van der Waals surface area contributed by atoms with Gasteiger partial charge in [0.25, 0.3) is 0 Å². The predicted molar refractivity (Wildman–Crippen MR) is 112 cm³/mol. The molecule has 0 aliphatic carbocycles. The Balaban J connectivity index is 1.29. The molecule has 1 aromatic carbocycles. The fourth-order valence-corrected chi connectivity index (χ4v) is 4.07. The minimum atomic E-state index is 0.619. The highest BCUT2D eigenvalue weighted by molar-refractivity contribution is 6.31. The van der Waals surface area contributed by atoms with E-state index in [2.05, 4.69) is 33.2 Å². The summed E-state index contributed by atoms with van der Waals surface area (Å²) >= 11 is 6.37. The van der Waals surface area contributed by atoms with Crippen LogP contribution in [0.25, 0.3) is 0 Å². The number of fused-ring (bicyclic) bond motifs is 1. The molecule has 152 valence electrons. The summed E-state index contributed by atoms with van der Waals surface area (Å²) in [4.78, 5) is 7.10. The Hall–Kier alpha value is -2.25. The number of piperazine rings is 1. The number of halogens is 1. The summed E-state index contributed by atoms with van der Waals surface area (Å²) in [5.74, 6) is 1.75. The van der Waals surface area contributed by atoms with Gasteiger partial charge in [0.2, 0.25) is 0 Å². The van der Waals surface area contributed by atoms with Crippen LogP contribution >= 0.6 is 11.6 Å². The second-order valence-corrected chi connectivity index (χ2v) is 7.71. The maximum atomic E-state index is 6.37. The number of para-hydroxylation sites is 1. The molecule has 0 aromatic heterocycles. The normalized spacial score (nSPS) is 19.7. The molecule has 8 heteroatoms. The van der Waals surface area contributed by atoms with Gasteiger partial charge in [0.1, 0.15) is 13.2 Å². The highest BCUT2D eigenvalue weighted by atomic mass is 35.5. The molecule has 0 atom stereocenters. The smallest absolute Gasteiger partial charge is 0.184 e. The van der Waals surface area contributed by atoms with Gasteiger partial charge < -0.3 is 24.7 Å². The molecular weight excluding hydrogens is 378 g/mol. The van der Waals surface area contributed by atoms with Gasteiger partial charge in [-0.25, -0.2) is 0 Å². The van der Waals surface area contributed by atoms with E-state index in [0.29, 0.717) is 13.2 Å². The van der Waals surface area contributed by atoms with Gasteiger partial charge in [-0.15, -0.1) is 0 Å². The molecular formula is C20H28ClN5O2. The van der Waals surface area contributed by atoms with Gasteiger partial charge in [0, 0.05) is 65.8 Å². The number of hydrogen-bond acceptors (Lipinski definition) is 7. The van der Waals surface area contributed by atoms with Gasteiger partial charge >= 0.3 is 0 Å². The molecule has 0 spiro atoms. The first-order valence-electron chi connectivity index (χ1n) is 9.76. The molecule has 0 radical (unpaired) electrons. The highest BCUT2D eigenvalue weighted by Gasteiger charge is 2.24. The maximum absolute atomic E-state index is 6.37. The van der Waals surface area contributed by atoms with Gasteiger partial charge in [-0.3, -0.25) is 9.91 Å². The van der Waals surface area contributed by atoms with E-state index in [-0.39, 0.29) is 0 Å². The number of likely N-dealkylation sites (N-methyl/N-ethyl adjacent to an activating group) is 1. The van der Waals surface area contributed by atoms with Crippen molar-refractivity contribution in [3.63, 3.8) is 0 Å². The zero-order valence-corrected chi connectivity index (χ0v) is 17.3. The van der Waals surface area contributed by atoms with Crippen molar-refractivity contribution in [3.05, 3.63) is 41.3 Å². The lowest BCUT2D eigenvalue weighted by Crippen LogP contribution is -2.48. The zero-order valence-electron chi connectivity index (χ0n) is 16.5. The summed E-state index contributed by atoms with van der Waals surface area (Å²) in [7, 11) is 4.01. The molecule has 0 unspecified atom stereocenters. The summed E-state index contributed by atoms with van der Waals surface area (Å²) in [5, 5.41) is 2.60. The van der Waals surface area contributed by atoms with Gasteiger partial charge in [-0.1, -0.05) is 17.7 Å². The quantitative estimate of drug-likeness (QED) is 0.802. The highest BCUT2D eigenvalue weighted by Crippen LogP contribution is 2.39. The summed E-state index contributed by atoms with van der Waals surface area (Å²) in [6.07, 6.45) is 3.83. The van der Waals surface area contributed by atoms with Gasteiger partial charge in [0.05, 0.1) is 16.4 Å². The van der Waals surface area contributed by atoms with Crippen molar-refractivity contribution in [3.8, 4) is 11.5 Å². The second-order valence-electron chi connectivity index (χ2n) is 7.30. The summed E-state index contributed by atoms with van der Waals surface area (Å²) in [5.41, 5.74) is 5.32. The number of nitrogens with one attached hydrogen (secondary N) is 1. The van der Waals surface area contributed by atoms with E-state index in [1.165, 1.54) is 0 Å². The van der Waals surface area contributed by atoms with Crippen molar-refractivity contribution in [1.82, 2.24) is 20.2 Å². The first-order valence-corrected chi connectivity index (χ1v) is 10.1. The fraction of sp³-hybridized carbons (Fsp3) is 0.500. The Morgan fingerprint density at radius 1 is 1.14 bits per heavy atom. The minimum absolute atomic E-state index is 0.619. The number of allylic oxidation sites excluding steroid dienone is 1. The van der Waals surface area contributed by atoms with E-state index in [9.17, 15) is 0 Å². The average molecular weight is 406 g/mol. The number of nitrogens with zero attached hydrogens (tertiary/aromatic N) is 4. The van der Waals surface area contributed by atoms with E-state index in [4.69, 9.17) is 21.1 Å². The molecule has 1 N–H and O–H groups in total. The molecule has 3 aliphatic rings. The van der Waals surface area contributed by atoms with Crippen molar-refractivity contribution in [2.75, 3.05) is 71.5 Å². The van der Waals surface area contributed by atoms with Crippen LogP contribution in [0.3, 0.4) is 0 Å². The van der Waals surface area contributed by atoms with Crippen LogP contribution in [-0.4, -0.2) is 81.4 Å². The van der Waals surface area contributed by atoms with Crippen LogP contribution in [0.15, 0.2) is 41.3 Å². The van der Waals surface area contributed by atoms with E-state index >= 15 is 0 Å². The van der Waals surface area contributed by atoms with Crippen LogP contribution in [0.5, 0.6) is 11.5 Å². The van der Waals surface area contributed by atoms with Crippen LogP contribution in [0, 0.1) is 0 Å². The van der Waals surface area contributed by atoms with Gasteiger partial charge in [-0.05, 0) is 12.1 Å². The Kier molecular flexibility index (Phi) is 5.73. The third-order valence-corrected chi connectivity index (χ3v) is 5.67. The molecule has 1 fully saturated rings. The summed E-state index contributed by atoms with van der Waals surface area (Å²) in [6.45, 7) is 7.21. The lowest BCUT2D eigenvalue weighted by molar-refractivity contribution is 0.171. The van der Waals surface area contributed by atoms with Crippen molar-refractivity contribution in [2.45, 2.75) is 0 Å². The van der Waals surface area contributed by atoms with E-state index in [0.717, 1.165) is 67.2 Å². The molecule has 3 heterocycles. The topological polar surface area (TPSA) is 43.5 Å². The lowest BCUT2D eigenvalue weighted by Gasteiger charge is -2.38. The molecule has 3 aliphatic heterocycles. The molecule has 7 nitrogen and oxygen atoms in total. The third kappa shape index (κ3) is 4.10. The zero-order chi connectivity index (χ0) is 19.5. The monoisotopic (exact) mass is 405 g/mol. The largest absolute Gasteiger partial charge is 0.486 e. The van der Waals surface area contributed by atoms with E-state index in [1.54, 1.807) is 0 Å². The Bertz CT molecular complexity index is 761.